The van der Waals surface area contributed by atoms with Crippen LogP contribution in [0, 0.1) is 0 Å². The van der Waals surface area contributed by atoms with Crippen LogP contribution in [0.5, 0.6) is 0 Å². The molecule has 6 heteroatoms. The number of rotatable bonds is 8. The molecule has 0 spiro atoms. The maximum absolute atomic E-state index is 9.21. The summed E-state index contributed by atoms with van der Waals surface area (Å²) in [4.78, 5) is 6.31. The normalized spacial score (nSPS) is 12.3. The van der Waals surface area contributed by atoms with Gasteiger partial charge in [0.1, 0.15) is 5.69 Å². The van der Waals surface area contributed by atoms with Gasteiger partial charge in [-0.25, -0.2) is 0 Å². The topological polar surface area (TPSA) is 95.0 Å². The Morgan fingerprint density at radius 3 is 2.70 bits per heavy atom. The zero-order chi connectivity index (χ0) is 15.0. The first-order valence-corrected chi connectivity index (χ1v) is 6.93. The van der Waals surface area contributed by atoms with E-state index >= 15 is 0 Å². The molecule has 1 rings (SSSR count). The van der Waals surface area contributed by atoms with E-state index in [9.17, 15) is 5.11 Å². The highest BCUT2D eigenvalue weighted by Crippen LogP contribution is 2.13. The molecule has 0 unspecified atom stereocenters. The van der Waals surface area contributed by atoms with Crippen molar-refractivity contribution in [3.63, 3.8) is 0 Å². The van der Waals surface area contributed by atoms with Crippen molar-refractivity contribution in [2.24, 2.45) is 10.9 Å². The molecule has 0 bridgehead atoms. The van der Waals surface area contributed by atoms with Crippen molar-refractivity contribution in [3.05, 3.63) is 29.6 Å². The van der Waals surface area contributed by atoms with Gasteiger partial charge in [0.05, 0.1) is 6.61 Å². The Morgan fingerprint density at radius 2 is 2.15 bits per heavy atom. The van der Waals surface area contributed by atoms with E-state index in [0.29, 0.717) is 24.8 Å². The Kier molecular flexibility index (Phi) is 6.97. The lowest BCUT2D eigenvalue weighted by molar-refractivity contribution is 0.136. The monoisotopic (exact) mass is 280 g/mol. The first kappa shape index (κ1) is 16.4. The van der Waals surface area contributed by atoms with Crippen LogP contribution >= 0.6 is 0 Å². The van der Waals surface area contributed by atoms with Crippen LogP contribution in [0.3, 0.4) is 0 Å². The van der Waals surface area contributed by atoms with E-state index in [0.717, 1.165) is 18.4 Å². The predicted octanol–water partition coefficient (Wildman–Crippen LogP) is 1.16. The molecule has 1 aromatic rings. The molecule has 6 nitrogen and oxygen atoms in total. The third-order valence-electron chi connectivity index (χ3n) is 3.43. The highest BCUT2D eigenvalue weighted by Gasteiger charge is 2.15. The molecule has 0 radical (unpaired) electrons. The van der Waals surface area contributed by atoms with Gasteiger partial charge < -0.3 is 16.0 Å². The van der Waals surface area contributed by atoms with Crippen molar-refractivity contribution in [3.8, 4) is 0 Å². The zero-order valence-electron chi connectivity index (χ0n) is 12.2. The number of aliphatic hydroxyl groups is 1. The third kappa shape index (κ3) is 4.47. The summed E-state index contributed by atoms with van der Waals surface area (Å²) in [7, 11) is 0. The van der Waals surface area contributed by atoms with Crippen LogP contribution in [0.4, 0.5) is 0 Å². The SMILES string of the molecule is CCC(CC)N(CCO)Cc1ccnc(C(N)=NO)c1. The quantitative estimate of drug-likeness (QED) is 0.287. The maximum atomic E-state index is 9.21. The number of oxime groups is 1. The van der Waals surface area contributed by atoms with Gasteiger partial charge >= 0.3 is 0 Å². The molecule has 0 aliphatic carbocycles. The average Bonchev–Trinajstić information content (AvgIpc) is 2.48. The summed E-state index contributed by atoms with van der Waals surface area (Å²) in [6, 6.07) is 4.14. The average molecular weight is 280 g/mol. The number of amidine groups is 1. The molecule has 0 amide bonds. The standard InChI is InChI=1S/C14H24N4O2/c1-3-12(4-2)18(7-8-19)10-11-5-6-16-13(9-11)14(15)17-20/h5-6,9,12,19-20H,3-4,7-8,10H2,1-2H3,(H2,15,17). The smallest absolute Gasteiger partial charge is 0.188 e. The van der Waals surface area contributed by atoms with E-state index in [4.69, 9.17) is 10.9 Å². The minimum absolute atomic E-state index is 0.00286. The van der Waals surface area contributed by atoms with Gasteiger partial charge in [0, 0.05) is 25.3 Å². The van der Waals surface area contributed by atoms with E-state index in [-0.39, 0.29) is 12.4 Å². The molecule has 0 fully saturated rings. The van der Waals surface area contributed by atoms with Crippen molar-refractivity contribution in [1.29, 1.82) is 0 Å². The van der Waals surface area contributed by atoms with Crippen LogP contribution in [-0.4, -0.2) is 45.2 Å². The Balaban J connectivity index is 2.88. The van der Waals surface area contributed by atoms with Crippen molar-refractivity contribution in [1.82, 2.24) is 9.88 Å². The Hall–Kier alpha value is -1.66. The summed E-state index contributed by atoms with van der Waals surface area (Å²) < 4.78 is 0. The van der Waals surface area contributed by atoms with Crippen molar-refractivity contribution in [2.75, 3.05) is 13.2 Å². The van der Waals surface area contributed by atoms with Crippen LogP contribution in [0.1, 0.15) is 37.9 Å². The van der Waals surface area contributed by atoms with Crippen molar-refractivity contribution < 1.29 is 10.3 Å². The van der Waals surface area contributed by atoms with Crippen LogP contribution in [0.25, 0.3) is 0 Å². The van der Waals surface area contributed by atoms with Crippen molar-refractivity contribution in [2.45, 2.75) is 39.3 Å². The lowest BCUT2D eigenvalue weighted by Gasteiger charge is -2.29. The Morgan fingerprint density at radius 1 is 1.45 bits per heavy atom. The van der Waals surface area contributed by atoms with Crippen LogP contribution in [-0.2, 0) is 6.54 Å². The third-order valence-corrected chi connectivity index (χ3v) is 3.43. The molecule has 112 valence electrons. The second-order valence-electron chi connectivity index (χ2n) is 4.70. The second kappa shape index (κ2) is 8.50. The highest BCUT2D eigenvalue weighted by molar-refractivity contribution is 5.95. The van der Waals surface area contributed by atoms with Gasteiger partial charge in [-0.3, -0.25) is 9.88 Å². The molecule has 0 aliphatic heterocycles. The number of nitrogens with two attached hydrogens (primary N) is 1. The molecule has 0 atom stereocenters. The molecular formula is C14H24N4O2. The summed E-state index contributed by atoms with van der Waals surface area (Å²) in [6.45, 7) is 5.77. The van der Waals surface area contributed by atoms with Gasteiger partial charge in [0.15, 0.2) is 5.84 Å². The molecule has 0 saturated carbocycles. The molecule has 4 N–H and O–H groups in total. The molecule has 0 saturated heterocycles. The van der Waals surface area contributed by atoms with Gasteiger partial charge in [-0.1, -0.05) is 19.0 Å². The fourth-order valence-electron chi connectivity index (χ4n) is 2.32. The van der Waals surface area contributed by atoms with Crippen LogP contribution in [0.15, 0.2) is 23.5 Å². The second-order valence-corrected chi connectivity index (χ2v) is 4.70. The molecule has 0 aliphatic rings. The van der Waals surface area contributed by atoms with E-state index in [1.54, 1.807) is 6.20 Å². The minimum Gasteiger partial charge on any atom is -0.409 e. The summed E-state index contributed by atoms with van der Waals surface area (Å²) in [5.74, 6) is 0.00286. The Labute approximate surface area is 119 Å². The van der Waals surface area contributed by atoms with Crippen LogP contribution in [0.2, 0.25) is 0 Å². The molecule has 1 heterocycles. The summed E-state index contributed by atoms with van der Waals surface area (Å²) in [5.41, 5.74) is 7.04. The van der Waals surface area contributed by atoms with E-state index < -0.39 is 0 Å². The molecule has 20 heavy (non-hydrogen) atoms. The summed E-state index contributed by atoms with van der Waals surface area (Å²) >= 11 is 0. The van der Waals surface area contributed by atoms with E-state index in [2.05, 4.69) is 28.9 Å². The number of nitrogens with zero attached hydrogens (tertiary/aromatic N) is 3. The zero-order valence-corrected chi connectivity index (χ0v) is 12.2. The summed E-state index contributed by atoms with van der Waals surface area (Å²) in [6.07, 6.45) is 3.72. The van der Waals surface area contributed by atoms with E-state index in [1.807, 2.05) is 12.1 Å². The first-order chi connectivity index (χ1) is 9.65. The number of aliphatic hydroxyl groups excluding tert-OH is 1. The number of pyridine rings is 1. The largest absolute Gasteiger partial charge is 0.409 e. The van der Waals surface area contributed by atoms with Gasteiger partial charge in [0.2, 0.25) is 0 Å². The Bertz CT molecular complexity index is 433. The maximum Gasteiger partial charge on any atom is 0.188 e. The molecule has 0 aromatic carbocycles. The lowest BCUT2D eigenvalue weighted by Crippen LogP contribution is -2.36. The van der Waals surface area contributed by atoms with Crippen molar-refractivity contribution >= 4 is 5.84 Å². The molecule has 1 aromatic heterocycles. The highest BCUT2D eigenvalue weighted by atomic mass is 16.4. The van der Waals surface area contributed by atoms with Gasteiger partial charge in [-0.15, -0.1) is 0 Å². The van der Waals surface area contributed by atoms with Gasteiger partial charge in [-0.2, -0.15) is 0 Å². The summed E-state index contributed by atoms with van der Waals surface area (Å²) in [5, 5.41) is 20.9. The van der Waals surface area contributed by atoms with Gasteiger partial charge in [-0.05, 0) is 30.5 Å². The van der Waals surface area contributed by atoms with Gasteiger partial charge in [0.25, 0.3) is 0 Å². The fourth-order valence-corrected chi connectivity index (χ4v) is 2.32. The number of aromatic nitrogens is 1. The minimum atomic E-state index is 0.00286. The lowest BCUT2D eigenvalue weighted by atomic mass is 10.1. The number of hydrogen-bond donors (Lipinski definition) is 3. The molecular weight excluding hydrogens is 256 g/mol. The predicted molar refractivity (Wildman–Crippen MR) is 78.6 cm³/mol. The number of hydrogen-bond acceptors (Lipinski definition) is 5. The van der Waals surface area contributed by atoms with Crippen LogP contribution < -0.4 is 5.73 Å². The first-order valence-electron chi connectivity index (χ1n) is 6.93. The van der Waals surface area contributed by atoms with E-state index in [1.165, 1.54) is 0 Å². The fraction of sp³-hybridized carbons (Fsp3) is 0.571.